The molecule has 0 unspecified atom stereocenters. The average Bonchev–Trinajstić information content (AvgIpc) is 3.85. The van der Waals surface area contributed by atoms with Gasteiger partial charge in [-0.3, -0.25) is 0 Å². The molecular weight excluding hydrogens is 685 g/mol. The van der Waals surface area contributed by atoms with Crippen molar-refractivity contribution in [1.29, 1.82) is 0 Å². The minimum Gasteiger partial charge on any atom is -0.460 e. The van der Waals surface area contributed by atoms with Crippen LogP contribution in [0.1, 0.15) is 23.3 Å². The Morgan fingerprint density at radius 3 is 1.88 bits per heavy atom. The van der Waals surface area contributed by atoms with E-state index in [1.165, 1.54) is 22.3 Å². The van der Waals surface area contributed by atoms with Crippen LogP contribution in [0.4, 0.5) is 0 Å². The number of furan rings is 2. The van der Waals surface area contributed by atoms with Crippen LogP contribution in [-0.2, 0) is 6.42 Å². The van der Waals surface area contributed by atoms with Crippen molar-refractivity contribution in [2.24, 2.45) is 0 Å². The molecule has 56 heavy (non-hydrogen) atoms. The van der Waals surface area contributed by atoms with E-state index in [4.69, 9.17) is 18.8 Å². The summed E-state index contributed by atoms with van der Waals surface area (Å²) in [6.07, 6.45) is 4.09. The molecular formula is C52H34N2O2. The number of aromatic nitrogens is 2. The molecule has 7 aromatic carbocycles. The Morgan fingerprint density at radius 1 is 0.393 bits per heavy atom. The van der Waals surface area contributed by atoms with E-state index < -0.39 is 0 Å². The first-order chi connectivity index (χ1) is 27.7. The van der Waals surface area contributed by atoms with E-state index in [1.807, 2.05) is 30.3 Å². The van der Waals surface area contributed by atoms with Crippen LogP contribution in [0.3, 0.4) is 0 Å². The number of aryl methyl sites for hydroxylation is 1. The summed E-state index contributed by atoms with van der Waals surface area (Å²) in [5, 5.41) is 3.33. The molecule has 0 radical (unpaired) electrons. The molecule has 11 rings (SSSR count). The van der Waals surface area contributed by atoms with Crippen LogP contribution in [0, 0.1) is 0 Å². The Hall–Kier alpha value is -7.30. The van der Waals surface area contributed by atoms with E-state index in [0.29, 0.717) is 5.82 Å². The van der Waals surface area contributed by atoms with Crippen molar-refractivity contribution >= 4 is 44.6 Å². The normalized spacial score (nSPS) is 12.6. The zero-order valence-corrected chi connectivity index (χ0v) is 30.4. The van der Waals surface area contributed by atoms with Crippen molar-refractivity contribution in [3.63, 3.8) is 0 Å². The molecule has 1 aliphatic rings. The quantitative estimate of drug-likeness (QED) is 0.172. The molecule has 0 aliphatic heterocycles. The molecule has 0 atom stereocenters. The fourth-order valence-electron chi connectivity index (χ4n) is 8.22. The van der Waals surface area contributed by atoms with Gasteiger partial charge in [0.25, 0.3) is 0 Å². The SMILES string of the molecule is C1=C(c2ccc(-c3ccccc3)cc2)CCc2oc3cccc(-c4cc(-c5cccc(-c6ccc7c(c6)oc6ccccc67)c5)nc(-c5ccccc5)n4)c3c21. The number of hydrogen-bond donors (Lipinski definition) is 0. The molecule has 0 N–H and O–H groups in total. The van der Waals surface area contributed by atoms with E-state index in [2.05, 4.69) is 152 Å². The van der Waals surface area contributed by atoms with Crippen LogP contribution in [0.5, 0.6) is 0 Å². The summed E-state index contributed by atoms with van der Waals surface area (Å²) >= 11 is 0. The molecule has 1 aliphatic carbocycles. The summed E-state index contributed by atoms with van der Waals surface area (Å²) in [6.45, 7) is 0. The maximum absolute atomic E-state index is 6.56. The van der Waals surface area contributed by atoms with E-state index in [1.54, 1.807) is 0 Å². The first-order valence-electron chi connectivity index (χ1n) is 19.1. The highest BCUT2D eigenvalue weighted by Gasteiger charge is 2.23. The van der Waals surface area contributed by atoms with Gasteiger partial charge in [0.2, 0.25) is 0 Å². The number of benzene rings is 7. The zero-order valence-electron chi connectivity index (χ0n) is 30.4. The maximum Gasteiger partial charge on any atom is 0.160 e. The molecule has 4 nitrogen and oxygen atoms in total. The first-order valence-corrected chi connectivity index (χ1v) is 19.1. The molecule has 4 heteroatoms. The van der Waals surface area contributed by atoms with Crippen LogP contribution < -0.4 is 0 Å². The Balaban J connectivity index is 1.02. The topological polar surface area (TPSA) is 52.1 Å². The molecule has 10 aromatic rings. The number of nitrogens with zero attached hydrogens (tertiary/aromatic N) is 2. The lowest BCUT2D eigenvalue weighted by atomic mass is 9.89. The highest BCUT2D eigenvalue weighted by atomic mass is 16.3. The van der Waals surface area contributed by atoms with Crippen LogP contribution >= 0.6 is 0 Å². The third-order valence-corrected chi connectivity index (χ3v) is 11.0. The van der Waals surface area contributed by atoms with Crippen LogP contribution in [0.15, 0.2) is 185 Å². The van der Waals surface area contributed by atoms with Gasteiger partial charge in [-0.25, -0.2) is 9.97 Å². The molecule has 3 aromatic heterocycles. The van der Waals surface area contributed by atoms with Crippen molar-refractivity contribution in [3.05, 3.63) is 193 Å². The van der Waals surface area contributed by atoms with Gasteiger partial charge >= 0.3 is 0 Å². The number of para-hydroxylation sites is 1. The summed E-state index contributed by atoms with van der Waals surface area (Å²) in [4.78, 5) is 10.4. The highest BCUT2D eigenvalue weighted by molar-refractivity contribution is 6.06. The Labute approximate surface area is 324 Å². The monoisotopic (exact) mass is 718 g/mol. The van der Waals surface area contributed by atoms with E-state index in [9.17, 15) is 0 Å². The van der Waals surface area contributed by atoms with Crippen LogP contribution in [-0.4, -0.2) is 9.97 Å². The number of allylic oxidation sites excluding steroid dienone is 1. The average molecular weight is 719 g/mol. The van der Waals surface area contributed by atoms with E-state index in [-0.39, 0.29) is 0 Å². The first kappa shape index (κ1) is 32.2. The largest absolute Gasteiger partial charge is 0.460 e. The third kappa shape index (κ3) is 5.62. The summed E-state index contributed by atoms with van der Waals surface area (Å²) < 4.78 is 12.8. The molecule has 0 bridgehead atoms. The van der Waals surface area contributed by atoms with Crippen molar-refractivity contribution in [3.8, 4) is 56.2 Å². The lowest BCUT2D eigenvalue weighted by Crippen LogP contribution is -1.98. The predicted molar refractivity (Wildman–Crippen MR) is 229 cm³/mol. The number of rotatable bonds is 6. The summed E-state index contributed by atoms with van der Waals surface area (Å²) in [6, 6.07) is 61.4. The van der Waals surface area contributed by atoms with Crippen molar-refractivity contribution in [2.75, 3.05) is 0 Å². The second kappa shape index (κ2) is 13.2. The Bertz CT molecular complexity index is 3120. The van der Waals surface area contributed by atoms with Gasteiger partial charge in [-0.15, -0.1) is 0 Å². The highest BCUT2D eigenvalue weighted by Crippen LogP contribution is 2.42. The molecule has 0 spiro atoms. The second-order valence-corrected chi connectivity index (χ2v) is 14.4. The second-order valence-electron chi connectivity index (χ2n) is 14.4. The van der Waals surface area contributed by atoms with E-state index >= 15 is 0 Å². The molecule has 264 valence electrons. The standard InChI is InChI=1S/C52H34N2O2/c1-3-11-33(12-4-1)34-21-23-35(24-22-34)38-26-28-48-44(30-38)51-43(18-10-20-49(51)55-48)46-32-45(53-52(54-46)36-13-5-2-6-14-36)40-16-9-15-37(29-40)39-25-27-42-41-17-7-8-19-47(41)56-50(42)31-39/h1-25,27,29-32H,26,28H2. The summed E-state index contributed by atoms with van der Waals surface area (Å²) in [5.74, 6) is 1.69. The van der Waals surface area contributed by atoms with Gasteiger partial charge in [0.1, 0.15) is 22.5 Å². The molecule has 0 saturated heterocycles. The Kier molecular flexibility index (Phi) is 7.59. The summed E-state index contributed by atoms with van der Waals surface area (Å²) in [7, 11) is 0. The minimum atomic E-state index is 0.677. The van der Waals surface area contributed by atoms with Crippen LogP contribution in [0.25, 0.3) is 101 Å². The van der Waals surface area contributed by atoms with Gasteiger partial charge < -0.3 is 8.83 Å². The zero-order chi connectivity index (χ0) is 37.0. The van der Waals surface area contributed by atoms with Gasteiger partial charge in [0.05, 0.1) is 11.4 Å². The lowest BCUT2D eigenvalue weighted by molar-refractivity contribution is 0.548. The lowest BCUT2D eigenvalue weighted by Gasteiger charge is -2.15. The molecule has 0 fully saturated rings. The van der Waals surface area contributed by atoms with Gasteiger partial charge in [0, 0.05) is 44.8 Å². The van der Waals surface area contributed by atoms with Gasteiger partial charge in [-0.05, 0) is 82.3 Å². The Morgan fingerprint density at radius 2 is 1.02 bits per heavy atom. The van der Waals surface area contributed by atoms with E-state index in [0.717, 1.165) is 96.3 Å². The van der Waals surface area contributed by atoms with Crippen molar-refractivity contribution < 1.29 is 8.83 Å². The third-order valence-electron chi connectivity index (χ3n) is 11.0. The summed E-state index contributed by atoms with van der Waals surface area (Å²) in [5.41, 5.74) is 15.6. The van der Waals surface area contributed by atoms with Gasteiger partial charge in [-0.1, -0.05) is 140 Å². The fraction of sp³-hybridized carbons (Fsp3) is 0.0385. The predicted octanol–water partition coefficient (Wildman–Crippen LogP) is 13.9. The fourth-order valence-corrected chi connectivity index (χ4v) is 8.22. The van der Waals surface area contributed by atoms with Gasteiger partial charge in [0.15, 0.2) is 5.82 Å². The maximum atomic E-state index is 6.56. The number of hydrogen-bond acceptors (Lipinski definition) is 4. The van der Waals surface area contributed by atoms with Crippen molar-refractivity contribution in [2.45, 2.75) is 12.8 Å². The minimum absolute atomic E-state index is 0.677. The molecule has 0 amide bonds. The molecule has 3 heterocycles. The van der Waals surface area contributed by atoms with Crippen molar-refractivity contribution in [1.82, 2.24) is 9.97 Å². The smallest absolute Gasteiger partial charge is 0.160 e. The number of fused-ring (bicyclic) bond motifs is 6. The van der Waals surface area contributed by atoms with Crippen LogP contribution in [0.2, 0.25) is 0 Å². The molecule has 0 saturated carbocycles. The van der Waals surface area contributed by atoms with Gasteiger partial charge in [-0.2, -0.15) is 0 Å².